The maximum absolute atomic E-state index is 12.8. The van der Waals surface area contributed by atoms with Gasteiger partial charge in [-0.05, 0) is 85.8 Å². The van der Waals surface area contributed by atoms with Crippen molar-refractivity contribution in [3.63, 3.8) is 0 Å². The number of amides is 2. The number of nitrogens with zero attached hydrogens (tertiary/aromatic N) is 1. The molecule has 0 unspecified atom stereocenters. The normalized spacial score (nSPS) is 34.3. The summed E-state index contributed by atoms with van der Waals surface area (Å²) in [6, 6.07) is 7.81. The van der Waals surface area contributed by atoms with Crippen LogP contribution in [0.5, 0.6) is 0 Å². The van der Waals surface area contributed by atoms with E-state index in [9.17, 15) is 9.59 Å². The molecule has 144 valence electrons. The molecule has 4 heteroatoms. The molecule has 5 aliphatic rings. The Labute approximate surface area is 161 Å². The maximum atomic E-state index is 12.8. The number of hydrogen-bond donors (Lipinski definition) is 1. The Balaban J connectivity index is 1.22. The topological polar surface area (TPSA) is 49.4 Å². The predicted molar refractivity (Wildman–Crippen MR) is 104 cm³/mol. The molecular formula is C23H30N2O2. The molecule has 5 fully saturated rings. The van der Waals surface area contributed by atoms with Gasteiger partial charge in [0.15, 0.2) is 0 Å². The number of carbonyl (C=O) groups is 2. The van der Waals surface area contributed by atoms with E-state index in [1.807, 2.05) is 29.2 Å². The van der Waals surface area contributed by atoms with Gasteiger partial charge < -0.3 is 10.2 Å². The van der Waals surface area contributed by atoms with Crippen molar-refractivity contribution in [1.29, 1.82) is 0 Å². The van der Waals surface area contributed by atoms with Crippen LogP contribution >= 0.6 is 0 Å². The van der Waals surface area contributed by atoms with Crippen LogP contribution in [-0.4, -0.2) is 29.8 Å². The molecular weight excluding hydrogens is 336 g/mol. The van der Waals surface area contributed by atoms with Crippen molar-refractivity contribution >= 4 is 11.8 Å². The number of carbonyl (C=O) groups excluding carboxylic acids is 2. The zero-order chi connectivity index (χ0) is 18.4. The zero-order valence-corrected chi connectivity index (χ0v) is 16.1. The zero-order valence-electron chi connectivity index (χ0n) is 16.1. The molecule has 2 amide bonds. The summed E-state index contributed by atoms with van der Waals surface area (Å²) in [6.45, 7) is 2.29. The van der Waals surface area contributed by atoms with E-state index in [1.54, 1.807) is 0 Å². The predicted octanol–water partition coefficient (Wildman–Crippen LogP) is 3.76. The molecule has 1 saturated heterocycles. The molecule has 0 radical (unpaired) electrons. The van der Waals surface area contributed by atoms with Crippen molar-refractivity contribution in [2.45, 2.75) is 57.9 Å². The van der Waals surface area contributed by atoms with Crippen LogP contribution in [0.2, 0.25) is 0 Å². The Morgan fingerprint density at radius 2 is 1.81 bits per heavy atom. The first-order valence-electron chi connectivity index (χ1n) is 10.7. The second kappa shape index (κ2) is 6.65. The molecule has 4 bridgehead atoms. The Kier molecular flexibility index (Phi) is 4.25. The van der Waals surface area contributed by atoms with Crippen molar-refractivity contribution in [2.24, 2.45) is 23.2 Å². The van der Waals surface area contributed by atoms with Gasteiger partial charge in [0, 0.05) is 31.6 Å². The van der Waals surface area contributed by atoms with Gasteiger partial charge in [-0.3, -0.25) is 9.59 Å². The van der Waals surface area contributed by atoms with Crippen LogP contribution in [0.3, 0.4) is 0 Å². The molecule has 0 atom stereocenters. The van der Waals surface area contributed by atoms with Crippen molar-refractivity contribution in [3.05, 3.63) is 35.4 Å². The lowest BCUT2D eigenvalue weighted by Gasteiger charge is -2.56. The first kappa shape index (κ1) is 17.3. The number of benzene rings is 1. The third kappa shape index (κ3) is 3.39. The van der Waals surface area contributed by atoms with E-state index >= 15 is 0 Å². The second-order valence-corrected chi connectivity index (χ2v) is 9.72. The second-order valence-electron chi connectivity index (χ2n) is 9.72. The minimum absolute atomic E-state index is 0.0420. The molecule has 1 N–H and O–H groups in total. The third-order valence-corrected chi connectivity index (χ3v) is 7.52. The van der Waals surface area contributed by atoms with E-state index in [1.165, 1.54) is 38.5 Å². The highest BCUT2D eigenvalue weighted by molar-refractivity contribution is 5.94. The molecule has 0 spiro atoms. The van der Waals surface area contributed by atoms with Crippen molar-refractivity contribution in [1.82, 2.24) is 10.2 Å². The fraction of sp³-hybridized carbons (Fsp3) is 0.652. The third-order valence-electron chi connectivity index (χ3n) is 7.52. The summed E-state index contributed by atoms with van der Waals surface area (Å²) < 4.78 is 0. The van der Waals surface area contributed by atoms with Gasteiger partial charge in [-0.2, -0.15) is 0 Å². The number of likely N-dealkylation sites (tertiary alicyclic amines) is 1. The van der Waals surface area contributed by atoms with Gasteiger partial charge in [-0.15, -0.1) is 0 Å². The SMILES string of the molecule is O=C(NCC12CC3CC(CC(C3)C1)C2)c1cccc(CN2CCCC2=O)c1. The highest BCUT2D eigenvalue weighted by Gasteiger charge is 2.50. The molecule has 1 aliphatic heterocycles. The highest BCUT2D eigenvalue weighted by Crippen LogP contribution is 2.59. The summed E-state index contributed by atoms with van der Waals surface area (Å²) in [5.74, 6) is 3.01. The van der Waals surface area contributed by atoms with E-state index < -0.39 is 0 Å². The summed E-state index contributed by atoms with van der Waals surface area (Å²) in [6.07, 6.45) is 9.86. The Hall–Kier alpha value is -1.84. The van der Waals surface area contributed by atoms with Crippen LogP contribution in [0.1, 0.15) is 67.3 Å². The van der Waals surface area contributed by atoms with Gasteiger partial charge in [-0.25, -0.2) is 0 Å². The molecule has 1 heterocycles. The van der Waals surface area contributed by atoms with Crippen LogP contribution in [0, 0.1) is 23.2 Å². The average molecular weight is 367 g/mol. The van der Waals surface area contributed by atoms with Crippen molar-refractivity contribution in [2.75, 3.05) is 13.1 Å². The van der Waals surface area contributed by atoms with Crippen molar-refractivity contribution in [3.8, 4) is 0 Å². The lowest BCUT2D eigenvalue weighted by molar-refractivity contribution is -0.128. The van der Waals surface area contributed by atoms with Gasteiger partial charge in [0.25, 0.3) is 5.91 Å². The molecule has 27 heavy (non-hydrogen) atoms. The van der Waals surface area contributed by atoms with Gasteiger partial charge in [-0.1, -0.05) is 12.1 Å². The largest absolute Gasteiger partial charge is 0.351 e. The molecule has 0 aromatic heterocycles. The number of hydrogen-bond acceptors (Lipinski definition) is 2. The van der Waals surface area contributed by atoms with E-state index in [0.29, 0.717) is 18.4 Å². The summed E-state index contributed by atoms with van der Waals surface area (Å²) in [4.78, 5) is 26.5. The standard InChI is InChI=1S/C23H30N2O2/c26-21-5-2-6-25(21)14-16-3-1-4-20(10-16)22(27)24-15-23-11-17-7-18(12-23)9-19(8-17)13-23/h1,3-4,10,17-19H,2,5-9,11-15H2,(H,24,27). The van der Waals surface area contributed by atoms with E-state index in [0.717, 1.165) is 48.4 Å². The minimum atomic E-state index is 0.0420. The lowest BCUT2D eigenvalue weighted by Crippen LogP contribution is -2.51. The number of nitrogens with one attached hydrogen (secondary N) is 1. The minimum Gasteiger partial charge on any atom is -0.351 e. The monoisotopic (exact) mass is 366 g/mol. The fourth-order valence-corrected chi connectivity index (χ4v) is 6.78. The molecule has 4 saturated carbocycles. The van der Waals surface area contributed by atoms with E-state index in [4.69, 9.17) is 0 Å². The van der Waals surface area contributed by atoms with Gasteiger partial charge >= 0.3 is 0 Å². The fourth-order valence-electron chi connectivity index (χ4n) is 6.78. The molecule has 4 aliphatic carbocycles. The summed E-state index contributed by atoms with van der Waals surface area (Å²) >= 11 is 0. The lowest BCUT2D eigenvalue weighted by atomic mass is 9.49. The molecule has 6 rings (SSSR count). The van der Waals surface area contributed by atoms with Crippen LogP contribution < -0.4 is 5.32 Å². The quantitative estimate of drug-likeness (QED) is 0.863. The van der Waals surface area contributed by atoms with Crippen LogP contribution in [0.15, 0.2) is 24.3 Å². The molecule has 1 aromatic carbocycles. The van der Waals surface area contributed by atoms with Gasteiger partial charge in [0.05, 0.1) is 0 Å². The summed E-state index contributed by atoms with van der Waals surface area (Å²) in [5.41, 5.74) is 2.14. The maximum Gasteiger partial charge on any atom is 0.251 e. The molecule has 4 nitrogen and oxygen atoms in total. The number of rotatable bonds is 5. The summed E-state index contributed by atoms with van der Waals surface area (Å²) in [5, 5.41) is 3.27. The van der Waals surface area contributed by atoms with E-state index in [2.05, 4.69) is 5.32 Å². The first-order chi connectivity index (χ1) is 13.1. The smallest absolute Gasteiger partial charge is 0.251 e. The summed E-state index contributed by atoms with van der Waals surface area (Å²) in [7, 11) is 0. The van der Waals surface area contributed by atoms with Crippen LogP contribution in [0.4, 0.5) is 0 Å². The van der Waals surface area contributed by atoms with E-state index in [-0.39, 0.29) is 11.8 Å². The molecule has 1 aromatic rings. The Bertz CT molecular complexity index is 721. The Morgan fingerprint density at radius 3 is 2.44 bits per heavy atom. The van der Waals surface area contributed by atoms with Gasteiger partial charge in [0.2, 0.25) is 5.91 Å². The van der Waals surface area contributed by atoms with Crippen LogP contribution in [0.25, 0.3) is 0 Å². The average Bonchev–Trinajstić information content (AvgIpc) is 3.03. The van der Waals surface area contributed by atoms with Crippen LogP contribution in [-0.2, 0) is 11.3 Å². The first-order valence-corrected chi connectivity index (χ1v) is 10.7. The highest BCUT2D eigenvalue weighted by atomic mass is 16.2. The Morgan fingerprint density at radius 1 is 1.11 bits per heavy atom. The van der Waals surface area contributed by atoms with Gasteiger partial charge in [0.1, 0.15) is 0 Å². The van der Waals surface area contributed by atoms with Crippen molar-refractivity contribution < 1.29 is 9.59 Å².